The molecule has 5 nitrogen and oxygen atoms in total. The number of carbonyl (C=O) groups is 1. The van der Waals surface area contributed by atoms with Crippen LogP contribution in [-0.2, 0) is 4.79 Å². The van der Waals surface area contributed by atoms with Gasteiger partial charge in [0.25, 0.3) is 0 Å². The van der Waals surface area contributed by atoms with Crippen LogP contribution in [0.2, 0.25) is 0 Å². The van der Waals surface area contributed by atoms with Gasteiger partial charge in [0, 0.05) is 18.8 Å². The summed E-state index contributed by atoms with van der Waals surface area (Å²) in [6.45, 7) is 1.88. The zero-order chi connectivity index (χ0) is 17.1. The molecule has 0 unspecified atom stereocenters. The normalized spacial score (nSPS) is 23.3. The van der Waals surface area contributed by atoms with Crippen LogP contribution in [0.1, 0.15) is 32.1 Å². The third-order valence-corrected chi connectivity index (χ3v) is 6.45. The Kier molecular flexibility index (Phi) is 5.06. The van der Waals surface area contributed by atoms with E-state index >= 15 is 0 Å². The number of hydrogen-bond donors (Lipinski definition) is 0. The SMILES string of the molecule is O=C(CSc1nncn1-c1ccccc1)N1CC[C@H]2CCCC[C@H]2C1. The molecule has 2 fully saturated rings. The van der Waals surface area contributed by atoms with E-state index in [1.807, 2.05) is 34.9 Å². The lowest BCUT2D eigenvalue weighted by Crippen LogP contribution is -2.45. The maximum Gasteiger partial charge on any atom is 0.233 e. The van der Waals surface area contributed by atoms with Crippen LogP contribution in [0.5, 0.6) is 0 Å². The first kappa shape index (κ1) is 16.6. The number of rotatable bonds is 4. The number of carbonyl (C=O) groups excluding carboxylic acids is 1. The summed E-state index contributed by atoms with van der Waals surface area (Å²) in [6, 6.07) is 10.00. The Morgan fingerprint density at radius 3 is 2.76 bits per heavy atom. The van der Waals surface area contributed by atoms with Gasteiger partial charge >= 0.3 is 0 Å². The van der Waals surface area contributed by atoms with E-state index in [0.29, 0.717) is 5.75 Å². The van der Waals surface area contributed by atoms with E-state index in [2.05, 4.69) is 15.1 Å². The van der Waals surface area contributed by atoms with E-state index in [1.165, 1.54) is 43.9 Å². The smallest absolute Gasteiger partial charge is 0.233 e. The fourth-order valence-electron chi connectivity index (χ4n) is 4.13. The minimum atomic E-state index is 0.233. The monoisotopic (exact) mass is 356 g/mol. The molecule has 1 aliphatic carbocycles. The molecule has 1 aromatic carbocycles. The minimum Gasteiger partial charge on any atom is -0.342 e. The molecule has 132 valence electrons. The molecule has 4 rings (SSSR count). The Labute approximate surface area is 152 Å². The molecule has 6 heteroatoms. The molecule has 0 radical (unpaired) electrons. The Morgan fingerprint density at radius 2 is 1.92 bits per heavy atom. The molecule has 1 saturated carbocycles. The van der Waals surface area contributed by atoms with Crippen molar-refractivity contribution in [3.05, 3.63) is 36.7 Å². The van der Waals surface area contributed by atoms with Crippen LogP contribution < -0.4 is 0 Å². The molecule has 2 atom stereocenters. The van der Waals surface area contributed by atoms with Gasteiger partial charge in [0.15, 0.2) is 5.16 Å². The van der Waals surface area contributed by atoms with Gasteiger partial charge in [-0.15, -0.1) is 10.2 Å². The number of benzene rings is 1. The summed E-state index contributed by atoms with van der Waals surface area (Å²) >= 11 is 1.48. The van der Waals surface area contributed by atoms with Crippen LogP contribution in [0.15, 0.2) is 41.8 Å². The fraction of sp³-hybridized carbons (Fsp3) is 0.526. The number of fused-ring (bicyclic) bond motifs is 1. The average Bonchev–Trinajstić information content (AvgIpc) is 3.15. The number of thioether (sulfide) groups is 1. The molecule has 1 aromatic heterocycles. The Balaban J connectivity index is 1.36. The number of aromatic nitrogens is 3. The summed E-state index contributed by atoms with van der Waals surface area (Å²) in [5.74, 6) is 2.25. The Morgan fingerprint density at radius 1 is 1.12 bits per heavy atom. The summed E-state index contributed by atoms with van der Waals surface area (Å²) in [7, 11) is 0. The molecule has 2 aromatic rings. The van der Waals surface area contributed by atoms with Crippen molar-refractivity contribution in [2.75, 3.05) is 18.8 Å². The van der Waals surface area contributed by atoms with Crippen LogP contribution in [0, 0.1) is 11.8 Å². The highest BCUT2D eigenvalue weighted by molar-refractivity contribution is 7.99. The first-order valence-corrected chi connectivity index (χ1v) is 10.2. The van der Waals surface area contributed by atoms with Gasteiger partial charge in [0.1, 0.15) is 6.33 Å². The minimum absolute atomic E-state index is 0.233. The van der Waals surface area contributed by atoms with Crippen LogP contribution in [-0.4, -0.2) is 44.4 Å². The number of piperidine rings is 1. The van der Waals surface area contributed by atoms with Gasteiger partial charge in [-0.1, -0.05) is 49.2 Å². The standard InChI is InChI=1S/C19H24N4OS/c24-18(22-11-10-15-6-4-5-7-16(15)12-22)13-25-19-21-20-14-23(19)17-8-2-1-3-9-17/h1-3,8-9,14-16H,4-7,10-13H2/t15-,16+/m1/s1. The van der Waals surface area contributed by atoms with Crippen molar-refractivity contribution in [3.63, 3.8) is 0 Å². The molecule has 1 amide bonds. The van der Waals surface area contributed by atoms with Gasteiger partial charge in [-0.05, 0) is 36.8 Å². The van der Waals surface area contributed by atoms with Crippen molar-refractivity contribution >= 4 is 17.7 Å². The first-order valence-electron chi connectivity index (χ1n) is 9.17. The summed E-state index contributed by atoms with van der Waals surface area (Å²) < 4.78 is 1.94. The quantitative estimate of drug-likeness (QED) is 0.788. The van der Waals surface area contributed by atoms with Gasteiger partial charge in [-0.3, -0.25) is 9.36 Å². The second-order valence-electron chi connectivity index (χ2n) is 7.04. The van der Waals surface area contributed by atoms with Crippen LogP contribution >= 0.6 is 11.8 Å². The van der Waals surface area contributed by atoms with E-state index < -0.39 is 0 Å². The molecule has 1 aliphatic heterocycles. The topological polar surface area (TPSA) is 51.0 Å². The van der Waals surface area contributed by atoms with Gasteiger partial charge in [-0.25, -0.2) is 0 Å². The predicted octanol–water partition coefficient (Wildman–Crippen LogP) is 3.40. The molecule has 0 bridgehead atoms. The molecular weight excluding hydrogens is 332 g/mol. The van der Waals surface area contributed by atoms with Crippen molar-refractivity contribution in [2.24, 2.45) is 11.8 Å². The predicted molar refractivity (Wildman–Crippen MR) is 98.7 cm³/mol. The molecule has 0 N–H and O–H groups in total. The van der Waals surface area contributed by atoms with Crippen LogP contribution in [0.3, 0.4) is 0 Å². The van der Waals surface area contributed by atoms with Gasteiger partial charge in [-0.2, -0.15) is 0 Å². The van der Waals surface area contributed by atoms with E-state index in [0.717, 1.165) is 35.8 Å². The second-order valence-corrected chi connectivity index (χ2v) is 7.98. The maximum atomic E-state index is 12.7. The molecule has 1 saturated heterocycles. The lowest BCUT2D eigenvalue weighted by Gasteiger charge is -2.41. The van der Waals surface area contributed by atoms with E-state index in [9.17, 15) is 4.79 Å². The van der Waals surface area contributed by atoms with Crippen molar-refractivity contribution < 1.29 is 4.79 Å². The van der Waals surface area contributed by atoms with Crippen molar-refractivity contribution in [1.29, 1.82) is 0 Å². The summed E-state index contributed by atoms with van der Waals surface area (Å²) in [4.78, 5) is 14.7. The molecule has 2 heterocycles. The zero-order valence-corrected chi connectivity index (χ0v) is 15.2. The molecular formula is C19H24N4OS. The third-order valence-electron chi connectivity index (χ3n) is 5.52. The lowest BCUT2D eigenvalue weighted by atomic mass is 9.75. The van der Waals surface area contributed by atoms with Crippen LogP contribution in [0.4, 0.5) is 0 Å². The molecule has 2 aliphatic rings. The molecule has 25 heavy (non-hydrogen) atoms. The van der Waals surface area contributed by atoms with Crippen LogP contribution in [0.25, 0.3) is 5.69 Å². The number of nitrogens with zero attached hydrogens (tertiary/aromatic N) is 4. The maximum absolute atomic E-state index is 12.7. The Hall–Kier alpha value is -1.82. The largest absolute Gasteiger partial charge is 0.342 e. The summed E-state index contributed by atoms with van der Waals surface area (Å²) in [6.07, 6.45) is 8.25. The van der Waals surface area contributed by atoms with E-state index in [1.54, 1.807) is 6.33 Å². The third kappa shape index (κ3) is 3.73. The van der Waals surface area contributed by atoms with E-state index in [4.69, 9.17) is 0 Å². The zero-order valence-electron chi connectivity index (χ0n) is 14.4. The second kappa shape index (κ2) is 7.60. The number of amides is 1. The van der Waals surface area contributed by atoms with Crippen molar-refractivity contribution in [3.8, 4) is 5.69 Å². The van der Waals surface area contributed by atoms with Crippen molar-refractivity contribution in [2.45, 2.75) is 37.3 Å². The Bertz CT molecular complexity index is 717. The van der Waals surface area contributed by atoms with Gasteiger partial charge in [0.2, 0.25) is 5.91 Å². The average molecular weight is 356 g/mol. The van der Waals surface area contributed by atoms with Crippen molar-refractivity contribution in [1.82, 2.24) is 19.7 Å². The highest BCUT2D eigenvalue weighted by Gasteiger charge is 2.32. The number of hydrogen-bond acceptors (Lipinski definition) is 4. The summed E-state index contributed by atoms with van der Waals surface area (Å²) in [5.41, 5.74) is 1.02. The number of para-hydroxylation sites is 1. The van der Waals surface area contributed by atoms with Gasteiger partial charge in [0.05, 0.1) is 5.75 Å². The summed E-state index contributed by atoms with van der Waals surface area (Å²) in [5, 5.41) is 8.96. The lowest BCUT2D eigenvalue weighted by molar-refractivity contribution is -0.131. The number of likely N-dealkylation sites (tertiary alicyclic amines) is 1. The van der Waals surface area contributed by atoms with E-state index in [-0.39, 0.29) is 5.91 Å². The highest BCUT2D eigenvalue weighted by atomic mass is 32.2. The molecule has 0 spiro atoms. The fourth-order valence-corrected chi connectivity index (χ4v) is 4.97. The first-order chi connectivity index (χ1) is 12.3. The highest BCUT2D eigenvalue weighted by Crippen LogP contribution is 2.36. The van der Waals surface area contributed by atoms with Gasteiger partial charge < -0.3 is 4.90 Å².